The highest BCUT2D eigenvalue weighted by atomic mass is 16.1. The third-order valence-corrected chi connectivity index (χ3v) is 3.03. The first-order valence-corrected chi connectivity index (χ1v) is 6.26. The third kappa shape index (κ3) is 4.19. The maximum absolute atomic E-state index is 11.8. The van der Waals surface area contributed by atoms with Crippen molar-refractivity contribution >= 4 is 5.91 Å². The van der Waals surface area contributed by atoms with Gasteiger partial charge < -0.3 is 5.32 Å². The van der Waals surface area contributed by atoms with Crippen LogP contribution in [0.25, 0.3) is 0 Å². The summed E-state index contributed by atoms with van der Waals surface area (Å²) in [4.78, 5) is 14.1. The molecule has 1 N–H and O–H groups in total. The van der Waals surface area contributed by atoms with Crippen molar-refractivity contribution in [2.75, 3.05) is 19.6 Å². The second-order valence-electron chi connectivity index (χ2n) is 4.15. The Morgan fingerprint density at radius 1 is 1.24 bits per heavy atom. The normalized spacial score (nSPS) is 12.5. The van der Waals surface area contributed by atoms with Gasteiger partial charge in [0, 0.05) is 18.2 Å². The molecule has 0 aliphatic rings. The fourth-order valence-corrected chi connectivity index (χ4v) is 1.91. The molecule has 3 nitrogen and oxygen atoms in total. The lowest BCUT2D eigenvalue weighted by Crippen LogP contribution is -2.41. The molecule has 1 amide bonds. The van der Waals surface area contributed by atoms with Crippen LogP contribution < -0.4 is 5.32 Å². The number of carbonyl (C=O) groups excluding carboxylic acids is 1. The van der Waals surface area contributed by atoms with E-state index in [1.54, 1.807) is 0 Å². The number of rotatable bonds is 6. The van der Waals surface area contributed by atoms with Crippen LogP contribution in [0.4, 0.5) is 0 Å². The fraction of sp³-hybridized carbons (Fsp3) is 0.500. The summed E-state index contributed by atoms with van der Waals surface area (Å²) in [6.07, 6.45) is 0. The average Bonchev–Trinajstić information content (AvgIpc) is 2.38. The molecule has 1 aromatic carbocycles. The van der Waals surface area contributed by atoms with E-state index in [0.717, 1.165) is 18.7 Å². The highest BCUT2D eigenvalue weighted by Crippen LogP contribution is 2.00. The fourth-order valence-electron chi connectivity index (χ4n) is 1.91. The molecule has 0 fully saturated rings. The highest BCUT2D eigenvalue weighted by Gasteiger charge is 2.11. The Kier molecular flexibility index (Phi) is 5.70. The van der Waals surface area contributed by atoms with E-state index in [4.69, 9.17) is 0 Å². The Balaban J connectivity index is 2.43. The molecule has 0 spiro atoms. The summed E-state index contributed by atoms with van der Waals surface area (Å²) in [5.41, 5.74) is 0.722. The molecular formula is C14H22N2O. The van der Waals surface area contributed by atoms with Gasteiger partial charge in [0.15, 0.2) is 0 Å². The van der Waals surface area contributed by atoms with Gasteiger partial charge >= 0.3 is 0 Å². The number of amides is 1. The van der Waals surface area contributed by atoms with Crippen LogP contribution in [0, 0.1) is 0 Å². The van der Waals surface area contributed by atoms with Crippen LogP contribution in [0.5, 0.6) is 0 Å². The molecule has 0 heterocycles. The zero-order valence-corrected chi connectivity index (χ0v) is 10.9. The van der Waals surface area contributed by atoms with E-state index in [2.05, 4.69) is 31.0 Å². The average molecular weight is 234 g/mol. The van der Waals surface area contributed by atoms with Gasteiger partial charge in [-0.2, -0.15) is 0 Å². The summed E-state index contributed by atoms with van der Waals surface area (Å²) in [5.74, 6) is 0.00426. The van der Waals surface area contributed by atoms with E-state index in [-0.39, 0.29) is 5.91 Å². The Hall–Kier alpha value is -1.35. The predicted octanol–water partition coefficient (Wildman–Crippen LogP) is 2.15. The van der Waals surface area contributed by atoms with E-state index in [9.17, 15) is 4.79 Å². The predicted molar refractivity (Wildman–Crippen MR) is 71.2 cm³/mol. The quantitative estimate of drug-likeness (QED) is 0.818. The zero-order chi connectivity index (χ0) is 12.7. The summed E-state index contributed by atoms with van der Waals surface area (Å²) in [6, 6.07) is 9.70. The minimum absolute atomic E-state index is 0.00426. The van der Waals surface area contributed by atoms with Crippen molar-refractivity contribution < 1.29 is 4.79 Å². The van der Waals surface area contributed by atoms with Crippen molar-refractivity contribution in [1.29, 1.82) is 0 Å². The number of hydrogen-bond acceptors (Lipinski definition) is 2. The van der Waals surface area contributed by atoms with Crippen LogP contribution in [0.2, 0.25) is 0 Å². The Morgan fingerprint density at radius 2 is 1.82 bits per heavy atom. The molecule has 0 aliphatic carbocycles. The first kappa shape index (κ1) is 13.7. The summed E-state index contributed by atoms with van der Waals surface area (Å²) in [6.45, 7) is 9.13. The van der Waals surface area contributed by atoms with Gasteiger partial charge in [-0.15, -0.1) is 0 Å². The molecule has 17 heavy (non-hydrogen) atoms. The van der Waals surface area contributed by atoms with Crippen LogP contribution in [-0.4, -0.2) is 36.5 Å². The SMILES string of the molecule is CCN(CC)[C@@H](C)CNC(=O)c1ccccc1. The van der Waals surface area contributed by atoms with Gasteiger partial charge in [0.25, 0.3) is 5.91 Å². The molecular weight excluding hydrogens is 212 g/mol. The molecule has 0 aliphatic heterocycles. The summed E-state index contributed by atoms with van der Waals surface area (Å²) < 4.78 is 0. The minimum atomic E-state index is 0.00426. The van der Waals surface area contributed by atoms with Crippen LogP contribution >= 0.6 is 0 Å². The molecule has 1 atom stereocenters. The Bertz CT molecular complexity index is 333. The third-order valence-electron chi connectivity index (χ3n) is 3.03. The molecule has 0 radical (unpaired) electrons. The summed E-state index contributed by atoms with van der Waals surface area (Å²) in [5, 5.41) is 2.97. The topological polar surface area (TPSA) is 32.3 Å². The number of hydrogen-bond donors (Lipinski definition) is 1. The number of carbonyl (C=O) groups is 1. The van der Waals surface area contributed by atoms with Crippen molar-refractivity contribution in [2.24, 2.45) is 0 Å². The van der Waals surface area contributed by atoms with Crippen molar-refractivity contribution in [3.8, 4) is 0 Å². The maximum atomic E-state index is 11.8. The second-order valence-corrected chi connectivity index (χ2v) is 4.15. The van der Waals surface area contributed by atoms with Crippen molar-refractivity contribution in [1.82, 2.24) is 10.2 Å². The zero-order valence-electron chi connectivity index (χ0n) is 10.9. The first-order chi connectivity index (χ1) is 8.19. The summed E-state index contributed by atoms with van der Waals surface area (Å²) >= 11 is 0. The lowest BCUT2D eigenvalue weighted by atomic mass is 10.2. The van der Waals surface area contributed by atoms with E-state index < -0.39 is 0 Å². The smallest absolute Gasteiger partial charge is 0.251 e. The second kappa shape index (κ2) is 7.07. The van der Waals surface area contributed by atoms with Crippen LogP contribution in [0.1, 0.15) is 31.1 Å². The first-order valence-electron chi connectivity index (χ1n) is 6.26. The van der Waals surface area contributed by atoms with Crippen molar-refractivity contribution in [2.45, 2.75) is 26.8 Å². The molecule has 1 rings (SSSR count). The van der Waals surface area contributed by atoms with E-state index in [1.165, 1.54) is 0 Å². The monoisotopic (exact) mass is 234 g/mol. The lowest BCUT2D eigenvalue weighted by Gasteiger charge is -2.26. The minimum Gasteiger partial charge on any atom is -0.350 e. The largest absolute Gasteiger partial charge is 0.350 e. The standard InChI is InChI=1S/C14H22N2O/c1-4-16(5-2)12(3)11-15-14(17)13-9-7-6-8-10-13/h6-10,12H,4-5,11H2,1-3H3,(H,15,17)/t12-/m0/s1. The number of nitrogens with zero attached hydrogens (tertiary/aromatic N) is 1. The van der Waals surface area contributed by atoms with Gasteiger partial charge in [-0.25, -0.2) is 0 Å². The van der Waals surface area contributed by atoms with E-state index in [1.807, 2.05) is 30.3 Å². The van der Waals surface area contributed by atoms with Crippen LogP contribution in [0.3, 0.4) is 0 Å². The molecule has 0 saturated heterocycles. The molecule has 0 saturated carbocycles. The Labute approximate surface area is 104 Å². The van der Waals surface area contributed by atoms with Gasteiger partial charge in [-0.3, -0.25) is 9.69 Å². The van der Waals surface area contributed by atoms with Crippen LogP contribution in [-0.2, 0) is 0 Å². The van der Waals surface area contributed by atoms with Gasteiger partial charge in [-0.1, -0.05) is 32.0 Å². The summed E-state index contributed by atoms with van der Waals surface area (Å²) in [7, 11) is 0. The molecule has 1 aromatic rings. The van der Waals surface area contributed by atoms with Crippen molar-refractivity contribution in [3.05, 3.63) is 35.9 Å². The van der Waals surface area contributed by atoms with Gasteiger partial charge in [0.1, 0.15) is 0 Å². The molecule has 0 bridgehead atoms. The number of nitrogens with one attached hydrogen (secondary N) is 1. The Morgan fingerprint density at radius 3 is 2.35 bits per heavy atom. The molecule has 3 heteroatoms. The van der Waals surface area contributed by atoms with Gasteiger partial charge in [-0.05, 0) is 32.1 Å². The molecule has 0 aromatic heterocycles. The highest BCUT2D eigenvalue weighted by molar-refractivity contribution is 5.94. The van der Waals surface area contributed by atoms with E-state index >= 15 is 0 Å². The number of likely N-dealkylation sites (N-methyl/N-ethyl adjacent to an activating group) is 1. The maximum Gasteiger partial charge on any atom is 0.251 e. The van der Waals surface area contributed by atoms with Gasteiger partial charge in [0.05, 0.1) is 0 Å². The van der Waals surface area contributed by atoms with Crippen molar-refractivity contribution in [3.63, 3.8) is 0 Å². The number of benzene rings is 1. The molecule has 0 unspecified atom stereocenters. The van der Waals surface area contributed by atoms with Crippen LogP contribution in [0.15, 0.2) is 30.3 Å². The lowest BCUT2D eigenvalue weighted by molar-refractivity contribution is 0.0938. The van der Waals surface area contributed by atoms with E-state index in [0.29, 0.717) is 12.6 Å². The van der Waals surface area contributed by atoms with Gasteiger partial charge in [0.2, 0.25) is 0 Å². The molecule has 94 valence electrons.